The Morgan fingerprint density at radius 2 is 1.94 bits per heavy atom. The SMILES string of the molecule is CN(Cc1ccc(CN)cc1)CC1CCCCO1. The Hall–Kier alpha value is -0.900. The molecule has 0 bridgehead atoms. The summed E-state index contributed by atoms with van der Waals surface area (Å²) < 4.78 is 5.76. The van der Waals surface area contributed by atoms with E-state index in [0.717, 1.165) is 19.7 Å². The minimum atomic E-state index is 0.423. The van der Waals surface area contributed by atoms with Crippen LogP contribution in [0.5, 0.6) is 0 Å². The number of rotatable bonds is 5. The molecule has 3 nitrogen and oxygen atoms in total. The molecule has 1 unspecified atom stereocenters. The fourth-order valence-corrected chi connectivity index (χ4v) is 2.46. The number of nitrogens with two attached hydrogens (primary N) is 1. The van der Waals surface area contributed by atoms with Crippen LogP contribution < -0.4 is 5.73 Å². The quantitative estimate of drug-likeness (QED) is 0.867. The zero-order valence-corrected chi connectivity index (χ0v) is 11.3. The van der Waals surface area contributed by atoms with Crippen LogP contribution in [-0.2, 0) is 17.8 Å². The van der Waals surface area contributed by atoms with Gasteiger partial charge in [0.2, 0.25) is 0 Å². The van der Waals surface area contributed by atoms with E-state index in [1.165, 1.54) is 30.4 Å². The van der Waals surface area contributed by atoms with E-state index < -0.39 is 0 Å². The van der Waals surface area contributed by atoms with Crippen LogP contribution in [0.1, 0.15) is 30.4 Å². The molecule has 1 aliphatic rings. The Kier molecular flexibility index (Phi) is 5.17. The molecule has 1 aromatic rings. The van der Waals surface area contributed by atoms with Gasteiger partial charge in [0.25, 0.3) is 0 Å². The molecule has 100 valence electrons. The van der Waals surface area contributed by atoms with Gasteiger partial charge in [-0.2, -0.15) is 0 Å². The van der Waals surface area contributed by atoms with Crippen molar-refractivity contribution in [3.8, 4) is 0 Å². The first-order valence-electron chi connectivity index (χ1n) is 6.86. The first kappa shape index (κ1) is 13.5. The van der Waals surface area contributed by atoms with Crippen LogP contribution in [0.2, 0.25) is 0 Å². The third kappa shape index (κ3) is 4.09. The zero-order valence-electron chi connectivity index (χ0n) is 11.3. The standard InChI is InChI=1S/C15H24N2O/c1-17(12-15-4-2-3-9-18-15)11-14-7-5-13(10-16)6-8-14/h5-8,15H,2-4,9-12,16H2,1H3. The van der Waals surface area contributed by atoms with Gasteiger partial charge in [-0.1, -0.05) is 24.3 Å². The molecule has 1 saturated heterocycles. The second kappa shape index (κ2) is 6.88. The molecule has 0 spiro atoms. The molecule has 1 aliphatic heterocycles. The number of likely N-dealkylation sites (N-methyl/N-ethyl adjacent to an activating group) is 1. The highest BCUT2D eigenvalue weighted by atomic mass is 16.5. The molecule has 3 heteroatoms. The summed E-state index contributed by atoms with van der Waals surface area (Å²) in [6.45, 7) is 3.55. The largest absolute Gasteiger partial charge is 0.377 e. The predicted octanol–water partition coefficient (Wildman–Crippen LogP) is 2.15. The van der Waals surface area contributed by atoms with Gasteiger partial charge in [-0.25, -0.2) is 0 Å². The first-order chi connectivity index (χ1) is 8.78. The second-order valence-electron chi connectivity index (χ2n) is 5.21. The number of benzene rings is 1. The van der Waals surface area contributed by atoms with Crippen LogP contribution in [0.4, 0.5) is 0 Å². The van der Waals surface area contributed by atoms with Crippen molar-refractivity contribution in [1.29, 1.82) is 0 Å². The number of ether oxygens (including phenoxy) is 1. The van der Waals surface area contributed by atoms with E-state index in [1.54, 1.807) is 0 Å². The van der Waals surface area contributed by atoms with E-state index >= 15 is 0 Å². The van der Waals surface area contributed by atoms with Gasteiger partial charge in [-0.15, -0.1) is 0 Å². The number of hydrogen-bond acceptors (Lipinski definition) is 3. The molecule has 0 aromatic heterocycles. The average Bonchev–Trinajstić information content (AvgIpc) is 2.40. The van der Waals surface area contributed by atoms with Crippen LogP contribution in [0.25, 0.3) is 0 Å². The van der Waals surface area contributed by atoms with E-state index in [9.17, 15) is 0 Å². The fourth-order valence-electron chi connectivity index (χ4n) is 2.46. The Morgan fingerprint density at radius 3 is 2.56 bits per heavy atom. The molecule has 0 amide bonds. The van der Waals surface area contributed by atoms with Crippen molar-refractivity contribution >= 4 is 0 Å². The highest BCUT2D eigenvalue weighted by molar-refractivity contribution is 5.22. The molecule has 1 aromatic carbocycles. The van der Waals surface area contributed by atoms with Gasteiger partial charge < -0.3 is 10.5 Å². The van der Waals surface area contributed by atoms with Crippen LogP contribution in [0.15, 0.2) is 24.3 Å². The molecule has 18 heavy (non-hydrogen) atoms. The van der Waals surface area contributed by atoms with Crippen LogP contribution >= 0.6 is 0 Å². The van der Waals surface area contributed by atoms with Crippen LogP contribution in [0.3, 0.4) is 0 Å². The highest BCUT2D eigenvalue weighted by Crippen LogP contribution is 2.14. The summed E-state index contributed by atoms with van der Waals surface area (Å²) in [7, 11) is 2.16. The highest BCUT2D eigenvalue weighted by Gasteiger charge is 2.15. The summed E-state index contributed by atoms with van der Waals surface area (Å²) in [6, 6.07) is 8.56. The van der Waals surface area contributed by atoms with Crippen molar-refractivity contribution in [3.63, 3.8) is 0 Å². The normalized spacial score (nSPS) is 20.3. The molecule has 0 saturated carbocycles. The molecule has 2 rings (SSSR count). The maximum absolute atomic E-state index is 5.76. The Labute approximate surface area is 110 Å². The Morgan fingerprint density at radius 1 is 1.22 bits per heavy atom. The summed E-state index contributed by atoms with van der Waals surface area (Å²) in [5.41, 5.74) is 8.13. The number of nitrogens with zero attached hydrogens (tertiary/aromatic N) is 1. The average molecular weight is 248 g/mol. The molecule has 0 aliphatic carbocycles. The van der Waals surface area contributed by atoms with E-state index in [-0.39, 0.29) is 0 Å². The summed E-state index contributed by atoms with van der Waals surface area (Å²) in [5, 5.41) is 0. The van der Waals surface area contributed by atoms with Crippen molar-refractivity contribution in [3.05, 3.63) is 35.4 Å². The van der Waals surface area contributed by atoms with Gasteiger partial charge in [-0.3, -0.25) is 4.90 Å². The Balaban J connectivity index is 1.80. The lowest BCUT2D eigenvalue weighted by molar-refractivity contribution is -0.00259. The smallest absolute Gasteiger partial charge is 0.0702 e. The van der Waals surface area contributed by atoms with Gasteiger partial charge in [-0.05, 0) is 37.4 Å². The van der Waals surface area contributed by atoms with E-state index in [1.807, 2.05) is 0 Å². The van der Waals surface area contributed by atoms with Crippen molar-refractivity contribution in [1.82, 2.24) is 4.90 Å². The van der Waals surface area contributed by atoms with Gasteiger partial charge in [0.15, 0.2) is 0 Å². The third-order valence-corrected chi connectivity index (χ3v) is 3.50. The Bertz CT molecular complexity index is 344. The van der Waals surface area contributed by atoms with E-state index in [0.29, 0.717) is 12.6 Å². The summed E-state index contributed by atoms with van der Waals surface area (Å²) >= 11 is 0. The maximum atomic E-state index is 5.76. The third-order valence-electron chi connectivity index (χ3n) is 3.50. The molecule has 1 heterocycles. The second-order valence-corrected chi connectivity index (χ2v) is 5.21. The fraction of sp³-hybridized carbons (Fsp3) is 0.600. The summed E-state index contributed by atoms with van der Waals surface area (Å²) in [6.07, 6.45) is 4.16. The van der Waals surface area contributed by atoms with Gasteiger partial charge in [0.1, 0.15) is 0 Å². The molecule has 2 N–H and O–H groups in total. The maximum Gasteiger partial charge on any atom is 0.0702 e. The zero-order chi connectivity index (χ0) is 12.8. The van der Waals surface area contributed by atoms with Crippen molar-refractivity contribution in [2.24, 2.45) is 5.73 Å². The van der Waals surface area contributed by atoms with Crippen molar-refractivity contribution in [2.75, 3.05) is 20.2 Å². The lowest BCUT2D eigenvalue weighted by Crippen LogP contribution is -2.33. The molecule has 0 radical (unpaired) electrons. The van der Waals surface area contributed by atoms with E-state index in [2.05, 4.69) is 36.2 Å². The van der Waals surface area contributed by atoms with Crippen LogP contribution in [0, 0.1) is 0 Å². The predicted molar refractivity (Wildman–Crippen MR) is 74.3 cm³/mol. The number of hydrogen-bond donors (Lipinski definition) is 1. The summed E-state index contributed by atoms with van der Waals surface area (Å²) in [5.74, 6) is 0. The first-order valence-corrected chi connectivity index (χ1v) is 6.86. The molecule has 1 atom stereocenters. The minimum Gasteiger partial charge on any atom is -0.377 e. The molecule has 1 fully saturated rings. The van der Waals surface area contributed by atoms with Crippen molar-refractivity contribution in [2.45, 2.75) is 38.5 Å². The van der Waals surface area contributed by atoms with Crippen molar-refractivity contribution < 1.29 is 4.74 Å². The molecular weight excluding hydrogens is 224 g/mol. The summed E-state index contributed by atoms with van der Waals surface area (Å²) in [4.78, 5) is 2.34. The van der Waals surface area contributed by atoms with Gasteiger partial charge >= 0.3 is 0 Å². The van der Waals surface area contributed by atoms with Gasteiger partial charge in [0.05, 0.1) is 6.10 Å². The monoisotopic (exact) mass is 248 g/mol. The minimum absolute atomic E-state index is 0.423. The van der Waals surface area contributed by atoms with E-state index in [4.69, 9.17) is 10.5 Å². The lowest BCUT2D eigenvalue weighted by atomic mass is 10.1. The van der Waals surface area contributed by atoms with Crippen LogP contribution in [-0.4, -0.2) is 31.2 Å². The molecular formula is C15H24N2O. The van der Waals surface area contributed by atoms with Gasteiger partial charge in [0, 0.05) is 26.2 Å². The lowest BCUT2D eigenvalue weighted by Gasteiger charge is -2.27. The topological polar surface area (TPSA) is 38.5 Å².